The number of nitrogens with zero attached hydrogens (tertiary/aromatic N) is 4. The van der Waals surface area contributed by atoms with Gasteiger partial charge in [0.25, 0.3) is 5.91 Å². The molecular weight excluding hydrogens is 383 g/mol. The quantitative estimate of drug-likeness (QED) is 0.843. The Hall–Kier alpha value is -2.84. The number of benzene rings is 1. The second-order valence-corrected chi connectivity index (χ2v) is 7.34. The van der Waals surface area contributed by atoms with Gasteiger partial charge >= 0.3 is 6.18 Å². The number of hydrogen-bond donors (Lipinski definition) is 1. The van der Waals surface area contributed by atoms with Crippen molar-refractivity contribution in [3.63, 3.8) is 0 Å². The van der Waals surface area contributed by atoms with Crippen LogP contribution in [0.4, 0.5) is 24.7 Å². The normalized spacial score (nSPS) is 15.3. The van der Waals surface area contributed by atoms with Crippen molar-refractivity contribution in [2.45, 2.75) is 32.0 Å². The molecule has 1 aromatic carbocycles. The fourth-order valence-corrected chi connectivity index (χ4v) is 3.31. The Kier molecular flexibility index (Phi) is 5.95. The highest BCUT2D eigenvalue weighted by atomic mass is 19.4. The molecule has 1 fully saturated rings. The van der Waals surface area contributed by atoms with Crippen LogP contribution in [-0.2, 0) is 6.18 Å². The molecule has 1 aliphatic rings. The predicted octanol–water partition coefficient (Wildman–Crippen LogP) is 3.27. The molecule has 0 aliphatic carbocycles. The van der Waals surface area contributed by atoms with Gasteiger partial charge in [-0.05, 0) is 38.0 Å². The zero-order chi connectivity index (χ0) is 21.2. The van der Waals surface area contributed by atoms with Crippen LogP contribution in [0.25, 0.3) is 0 Å². The fourth-order valence-electron chi connectivity index (χ4n) is 3.31. The van der Waals surface area contributed by atoms with Gasteiger partial charge in [-0.1, -0.05) is 6.07 Å². The van der Waals surface area contributed by atoms with E-state index in [1.807, 2.05) is 37.2 Å². The van der Waals surface area contributed by atoms with E-state index in [0.29, 0.717) is 31.5 Å². The monoisotopic (exact) mass is 407 g/mol. The van der Waals surface area contributed by atoms with Crippen molar-refractivity contribution < 1.29 is 18.0 Å². The lowest BCUT2D eigenvalue weighted by molar-refractivity contribution is -0.141. The zero-order valence-corrected chi connectivity index (χ0v) is 16.6. The minimum Gasteiger partial charge on any atom is -0.378 e. The maximum absolute atomic E-state index is 13.0. The molecule has 1 aliphatic heterocycles. The number of hydrogen-bond acceptors (Lipinski definition) is 5. The molecule has 0 bridgehead atoms. The van der Waals surface area contributed by atoms with E-state index in [1.165, 1.54) is 6.92 Å². The van der Waals surface area contributed by atoms with Gasteiger partial charge in [-0.3, -0.25) is 4.79 Å². The largest absolute Gasteiger partial charge is 0.433 e. The maximum atomic E-state index is 13.0. The molecule has 1 N–H and O–H groups in total. The van der Waals surface area contributed by atoms with Crippen molar-refractivity contribution in [3.8, 4) is 0 Å². The third kappa shape index (κ3) is 5.16. The first-order chi connectivity index (χ1) is 13.6. The average molecular weight is 407 g/mol. The van der Waals surface area contributed by atoms with Crippen LogP contribution in [-0.4, -0.2) is 49.1 Å². The molecule has 2 aromatic rings. The highest BCUT2D eigenvalue weighted by Gasteiger charge is 2.34. The van der Waals surface area contributed by atoms with Gasteiger partial charge in [-0.15, -0.1) is 0 Å². The summed E-state index contributed by atoms with van der Waals surface area (Å²) in [5.74, 6) is 0.212. The first-order valence-electron chi connectivity index (χ1n) is 9.39. The summed E-state index contributed by atoms with van der Waals surface area (Å²) in [6, 6.07) is 8.30. The van der Waals surface area contributed by atoms with E-state index in [4.69, 9.17) is 0 Å². The number of rotatable bonds is 4. The van der Waals surface area contributed by atoms with Crippen LogP contribution in [0.2, 0.25) is 0 Å². The second kappa shape index (κ2) is 8.26. The van der Waals surface area contributed by atoms with Gasteiger partial charge in [0.05, 0.1) is 0 Å². The number of anilines is 2. The summed E-state index contributed by atoms with van der Waals surface area (Å²) in [6.07, 6.45) is -3.25. The first kappa shape index (κ1) is 20.9. The van der Waals surface area contributed by atoms with Crippen molar-refractivity contribution in [3.05, 3.63) is 47.4 Å². The van der Waals surface area contributed by atoms with E-state index in [2.05, 4.69) is 15.3 Å². The van der Waals surface area contributed by atoms with Gasteiger partial charge in [0, 0.05) is 50.5 Å². The molecule has 0 unspecified atom stereocenters. The summed E-state index contributed by atoms with van der Waals surface area (Å²) in [7, 11) is 3.82. The summed E-state index contributed by atoms with van der Waals surface area (Å²) >= 11 is 0. The minimum absolute atomic E-state index is 0.0354. The van der Waals surface area contributed by atoms with Gasteiger partial charge in [0.1, 0.15) is 17.3 Å². The lowest BCUT2D eigenvalue weighted by atomic mass is 10.0. The van der Waals surface area contributed by atoms with E-state index < -0.39 is 11.9 Å². The SMILES string of the molecule is Cc1nc(N2CCC(NC(=O)c3cccc(N(C)C)c3)CC2)cc(C(F)(F)F)n1. The molecular formula is C20H24F3N5O. The molecule has 6 nitrogen and oxygen atoms in total. The lowest BCUT2D eigenvalue weighted by Gasteiger charge is -2.33. The Morgan fingerprint density at radius 1 is 1.17 bits per heavy atom. The number of halogens is 3. The molecule has 0 radical (unpaired) electrons. The van der Waals surface area contributed by atoms with Crippen molar-refractivity contribution in [2.24, 2.45) is 0 Å². The van der Waals surface area contributed by atoms with Gasteiger partial charge in [0.2, 0.25) is 0 Å². The number of carbonyl (C=O) groups excluding carboxylic acids is 1. The minimum atomic E-state index is -4.50. The van der Waals surface area contributed by atoms with Gasteiger partial charge in [-0.25, -0.2) is 9.97 Å². The predicted molar refractivity (Wildman–Crippen MR) is 105 cm³/mol. The Morgan fingerprint density at radius 2 is 1.86 bits per heavy atom. The van der Waals surface area contributed by atoms with Crippen LogP contribution in [0, 0.1) is 6.92 Å². The van der Waals surface area contributed by atoms with E-state index in [0.717, 1.165) is 11.8 Å². The highest BCUT2D eigenvalue weighted by molar-refractivity contribution is 5.95. The highest BCUT2D eigenvalue weighted by Crippen LogP contribution is 2.30. The van der Waals surface area contributed by atoms with Gasteiger partial charge in [0.15, 0.2) is 0 Å². The van der Waals surface area contributed by atoms with Crippen LogP contribution in [0.5, 0.6) is 0 Å². The molecule has 1 saturated heterocycles. The van der Waals surface area contributed by atoms with Crippen molar-refractivity contribution in [2.75, 3.05) is 37.0 Å². The van der Waals surface area contributed by atoms with E-state index in [1.54, 1.807) is 11.0 Å². The van der Waals surface area contributed by atoms with E-state index in [-0.39, 0.29) is 23.6 Å². The third-order valence-electron chi connectivity index (χ3n) is 4.89. The number of carbonyl (C=O) groups is 1. The van der Waals surface area contributed by atoms with Crippen molar-refractivity contribution in [1.82, 2.24) is 15.3 Å². The molecule has 2 heterocycles. The third-order valence-corrected chi connectivity index (χ3v) is 4.89. The summed E-state index contributed by atoms with van der Waals surface area (Å²) in [6.45, 7) is 2.47. The number of amides is 1. The van der Waals surface area contributed by atoms with Crippen molar-refractivity contribution in [1.29, 1.82) is 0 Å². The average Bonchev–Trinajstić information content (AvgIpc) is 2.67. The summed E-state index contributed by atoms with van der Waals surface area (Å²) in [5, 5.41) is 3.02. The summed E-state index contributed by atoms with van der Waals surface area (Å²) < 4.78 is 39.0. The summed E-state index contributed by atoms with van der Waals surface area (Å²) in [4.78, 5) is 23.9. The molecule has 0 saturated carbocycles. The second-order valence-electron chi connectivity index (χ2n) is 7.34. The standard InChI is InChI=1S/C20H24F3N5O/c1-13-24-17(20(21,22)23)12-18(25-13)28-9-7-15(8-10-28)26-19(29)14-5-4-6-16(11-14)27(2)3/h4-6,11-12,15H,7-10H2,1-3H3,(H,26,29). The molecule has 1 aromatic heterocycles. The number of piperidine rings is 1. The maximum Gasteiger partial charge on any atom is 0.433 e. The molecule has 0 spiro atoms. The number of alkyl halides is 3. The van der Waals surface area contributed by atoms with Gasteiger partial charge in [-0.2, -0.15) is 13.2 Å². The van der Waals surface area contributed by atoms with Crippen LogP contribution in [0.3, 0.4) is 0 Å². The summed E-state index contributed by atoms with van der Waals surface area (Å²) in [5.41, 5.74) is 0.586. The molecule has 1 amide bonds. The zero-order valence-electron chi connectivity index (χ0n) is 16.6. The Morgan fingerprint density at radius 3 is 2.48 bits per heavy atom. The van der Waals surface area contributed by atoms with Crippen LogP contribution < -0.4 is 15.1 Å². The van der Waals surface area contributed by atoms with Crippen LogP contribution in [0.15, 0.2) is 30.3 Å². The lowest BCUT2D eigenvalue weighted by Crippen LogP contribution is -2.45. The number of nitrogens with one attached hydrogen (secondary N) is 1. The number of aryl methyl sites for hydroxylation is 1. The van der Waals surface area contributed by atoms with Gasteiger partial charge < -0.3 is 15.1 Å². The first-order valence-corrected chi connectivity index (χ1v) is 9.39. The molecule has 156 valence electrons. The fraction of sp³-hybridized carbons (Fsp3) is 0.450. The Labute approximate surface area is 167 Å². The molecule has 29 heavy (non-hydrogen) atoms. The molecule has 0 atom stereocenters. The number of aromatic nitrogens is 2. The smallest absolute Gasteiger partial charge is 0.378 e. The van der Waals surface area contributed by atoms with E-state index in [9.17, 15) is 18.0 Å². The van der Waals surface area contributed by atoms with Crippen LogP contribution in [0.1, 0.15) is 34.7 Å². The van der Waals surface area contributed by atoms with E-state index >= 15 is 0 Å². The topological polar surface area (TPSA) is 61.4 Å². The molecule has 3 rings (SSSR count). The van der Waals surface area contributed by atoms with Crippen molar-refractivity contribution >= 4 is 17.4 Å². The molecule has 9 heteroatoms. The Balaban J connectivity index is 1.62. The Bertz CT molecular complexity index is 877. The van der Waals surface area contributed by atoms with Crippen LogP contribution >= 0.6 is 0 Å².